The number of para-hydroxylation sites is 1. The highest BCUT2D eigenvalue weighted by atomic mass is 16.5. The molecule has 0 bridgehead atoms. The lowest BCUT2D eigenvalue weighted by Gasteiger charge is -2.33. The lowest BCUT2D eigenvalue weighted by molar-refractivity contribution is 0.000381. The van der Waals surface area contributed by atoms with E-state index in [4.69, 9.17) is 10.5 Å². The second kappa shape index (κ2) is 5.32. The summed E-state index contributed by atoms with van der Waals surface area (Å²) in [7, 11) is 0. The topological polar surface area (TPSA) is 38.5 Å². The van der Waals surface area contributed by atoms with Gasteiger partial charge in [-0.1, -0.05) is 18.2 Å². The molecule has 1 aromatic carbocycles. The van der Waals surface area contributed by atoms with Crippen molar-refractivity contribution < 1.29 is 4.74 Å². The van der Waals surface area contributed by atoms with E-state index in [1.54, 1.807) is 0 Å². The highest BCUT2D eigenvalue weighted by Crippen LogP contribution is 2.13. The zero-order chi connectivity index (χ0) is 11.4. The van der Waals surface area contributed by atoms with Gasteiger partial charge in [-0.3, -0.25) is 4.90 Å². The molecule has 16 heavy (non-hydrogen) atoms. The fraction of sp³-hybridized carbons (Fsp3) is 0.538. The molecule has 0 amide bonds. The Morgan fingerprint density at radius 2 is 2.25 bits per heavy atom. The molecule has 1 unspecified atom stereocenters. The van der Waals surface area contributed by atoms with Gasteiger partial charge >= 0.3 is 0 Å². The Kier molecular flexibility index (Phi) is 3.80. The Bertz CT molecular complexity index is 340. The molecule has 1 saturated heterocycles. The number of rotatable bonds is 3. The minimum Gasteiger partial charge on any atom is -0.399 e. The first-order chi connectivity index (χ1) is 7.77. The SMILES string of the molecule is CC1COCCN1CCc1ccccc1N. The Morgan fingerprint density at radius 1 is 1.44 bits per heavy atom. The van der Waals surface area contributed by atoms with Crippen LogP contribution in [0.2, 0.25) is 0 Å². The fourth-order valence-electron chi connectivity index (χ4n) is 2.12. The van der Waals surface area contributed by atoms with Crippen LogP contribution in [-0.2, 0) is 11.2 Å². The summed E-state index contributed by atoms with van der Waals surface area (Å²) in [5.74, 6) is 0. The molecule has 1 fully saturated rings. The first kappa shape index (κ1) is 11.4. The van der Waals surface area contributed by atoms with Crippen molar-refractivity contribution in [2.75, 3.05) is 32.0 Å². The molecule has 0 saturated carbocycles. The summed E-state index contributed by atoms with van der Waals surface area (Å²) in [5, 5.41) is 0. The molecule has 2 rings (SSSR count). The lowest BCUT2D eigenvalue weighted by atomic mass is 10.1. The van der Waals surface area contributed by atoms with E-state index in [0.29, 0.717) is 6.04 Å². The summed E-state index contributed by atoms with van der Waals surface area (Å²) >= 11 is 0. The van der Waals surface area contributed by atoms with Crippen molar-refractivity contribution in [2.24, 2.45) is 0 Å². The molecular formula is C13H20N2O. The van der Waals surface area contributed by atoms with Crippen LogP contribution < -0.4 is 5.73 Å². The third-order valence-corrected chi connectivity index (χ3v) is 3.23. The number of nitrogen functional groups attached to an aromatic ring is 1. The van der Waals surface area contributed by atoms with E-state index in [2.05, 4.69) is 24.0 Å². The van der Waals surface area contributed by atoms with Gasteiger partial charge in [-0.15, -0.1) is 0 Å². The van der Waals surface area contributed by atoms with Crippen LogP contribution in [0.5, 0.6) is 0 Å². The Balaban J connectivity index is 1.89. The van der Waals surface area contributed by atoms with Gasteiger partial charge in [0.2, 0.25) is 0 Å². The highest BCUT2D eigenvalue weighted by Gasteiger charge is 2.18. The van der Waals surface area contributed by atoms with Crippen LogP contribution in [0.3, 0.4) is 0 Å². The highest BCUT2D eigenvalue weighted by molar-refractivity contribution is 5.46. The summed E-state index contributed by atoms with van der Waals surface area (Å²) in [4.78, 5) is 2.47. The van der Waals surface area contributed by atoms with Gasteiger partial charge in [-0.2, -0.15) is 0 Å². The molecule has 3 heteroatoms. The van der Waals surface area contributed by atoms with E-state index >= 15 is 0 Å². The van der Waals surface area contributed by atoms with Crippen molar-refractivity contribution in [3.63, 3.8) is 0 Å². The van der Waals surface area contributed by atoms with Crippen LogP contribution >= 0.6 is 0 Å². The molecule has 1 atom stereocenters. The maximum atomic E-state index is 5.93. The largest absolute Gasteiger partial charge is 0.399 e. The number of anilines is 1. The van der Waals surface area contributed by atoms with Gasteiger partial charge in [0.1, 0.15) is 0 Å². The Morgan fingerprint density at radius 3 is 3.00 bits per heavy atom. The maximum absolute atomic E-state index is 5.93. The Hall–Kier alpha value is -1.06. The second-order valence-corrected chi connectivity index (χ2v) is 4.41. The van der Waals surface area contributed by atoms with E-state index in [1.807, 2.05) is 12.1 Å². The summed E-state index contributed by atoms with van der Waals surface area (Å²) in [6.07, 6.45) is 1.02. The quantitative estimate of drug-likeness (QED) is 0.785. The van der Waals surface area contributed by atoms with E-state index in [0.717, 1.165) is 38.4 Å². The van der Waals surface area contributed by atoms with E-state index < -0.39 is 0 Å². The van der Waals surface area contributed by atoms with Crippen molar-refractivity contribution in [1.29, 1.82) is 0 Å². The molecule has 1 heterocycles. The van der Waals surface area contributed by atoms with Gasteiger partial charge < -0.3 is 10.5 Å². The molecular weight excluding hydrogens is 200 g/mol. The Labute approximate surface area is 97.2 Å². The molecule has 1 aliphatic heterocycles. The molecule has 0 spiro atoms. The normalized spacial score (nSPS) is 22.2. The van der Waals surface area contributed by atoms with Crippen LogP contribution in [0.25, 0.3) is 0 Å². The summed E-state index contributed by atoms with van der Waals surface area (Å²) in [6, 6.07) is 8.64. The van der Waals surface area contributed by atoms with Crippen LogP contribution in [0.1, 0.15) is 12.5 Å². The number of hydrogen-bond acceptors (Lipinski definition) is 3. The van der Waals surface area contributed by atoms with Crippen LogP contribution in [0.15, 0.2) is 24.3 Å². The average molecular weight is 220 g/mol. The first-order valence-electron chi connectivity index (χ1n) is 5.92. The standard InChI is InChI=1S/C13H20N2O/c1-11-10-16-9-8-15(11)7-6-12-4-2-3-5-13(12)14/h2-5,11H,6-10,14H2,1H3. The number of nitrogens with zero attached hydrogens (tertiary/aromatic N) is 1. The molecule has 1 aromatic rings. The summed E-state index contributed by atoms with van der Waals surface area (Å²) in [5.41, 5.74) is 8.08. The molecule has 3 nitrogen and oxygen atoms in total. The molecule has 0 aliphatic carbocycles. The lowest BCUT2D eigenvalue weighted by Crippen LogP contribution is -2.44. The first-order valence-corrected chi connectivity index (χ1v) is 5.92. The minimum atomic E-state index is 0.527. The predicted molar refractivity (Wildman–Crippen MR) is 66.4 cm³/mol. The number of benzene rings is 1. The third kappa shape index (κ3) is 2.74. The van der Waals surface area contributed by atoms with Crippen molar-refractivity contribution in [3.05, 3.63) is 29.8 Å². The summed E-state index contributed by atoms with van der Waals surface area (Å²) in [6.45, 7) is 6.03. The van der Waals surface area contributed by atoms with Crippen LogP contribution in [-0.4, -0.2) is 37.2 Å². The summed E-state index contributed by atoms with van der Waals surface area (Å²) < 4.78 is 5.42. The zero-order valence-electron chi connectivity index (χ0n) is 9.86. The number of hydrogen-bond donors (Lipinski definition) is 1. The van der Waals surface area contributed by atoms with E-state index in [9.17, 15) is 0 Å². The monoisotopic (exact) mass is 220 g/mol. The smallest absolute Gasteiger partial charge is 0.0619 e. The van der Waals surface area contributed by atoms with E-state index in [-0.39, 0.29) is 0 Å². The van der Waals surface area contributed by atoms with Crippen LogP contribution in [0, 0.1) is 0 Å². The van der Waals surface area contributed by atoms with Gasteiger partial charge in [0.25, 0.3) is 0 Å². The predicted octanol–water partition coefficient (Wildman–Crippen LogP) is 1.53. The van der Waals surface area contributed by atoms with E-state index in [1.165, 1.54) is 5.56 Å². The zero-order valence-corrected chi connectivity index (χ0v) is 9.86. The van der Waals surface area contributed by atoms with Crippen LogP contribution in [0.4, 0.5) is 5.69 Å². The maximum Gasteiger partial charge on any atom is 0.0619 e. The molecule has 1 aliphatic rings. The third-order valence-electron chi connectivity index (χ3n) is 3.23. The molecule has 88 valence electrons. The van der Waals surface area contributed by atoms with Gasteiger partial charge in [0.05, 0.1) is 13.2 Å². The molecule has 2 N–H and O–H groups in total. The number of morpholine rings is 1. The fourth-order valence-corrected chi connectivity index (χ4v) is 2.12. The molecule has 0 aromatic heterocycles. The van der Waals surface area contributed by atoms with Gasteiger partial charge in [-0.05, 0) is 25.0 Å². The van der Waals surface area contributed by atoms with Gasteiger partial charge in [-0.25, -0.2) is 0 Å². The van der Waals surface area contributed by atoms with Crippen molar-refractivity contribution in [3.8, 4) is 0 Å². The van der Waals surface area contributed by atoms with Crippen molar-refractivity contribution >= 4 is 5.69 Å². The van der Waals surface area contributed by atoms with Gasteiger partial charge in [0, 0.05) is 24.8 Å². The number of ether oxygens (including phenoxy) is 1. The second-order valence-electron chi connectivity index (χ2n) is 4.41. The van der Waals surface area contributed by atoms with Crippen molar-refractivity contribution in [2.45, 2.75) is 19.4 Å². The molecule has 0 radical (unpaired) electrons. The number of nitrogens with two attached hydrogens (primary N) is 1. The van der Waals surface area contributed by atoms with Crippen molar-refractivity contribution in [1.82, 2.24) is 4.90 Å². The minimum absolute atomic E-state index is 0.527. The average Bonchev–Trinajstić information content (AvgIpc) is 2.30. The van der Waals surface area contributed by atoms with Gasteiger partial charge in [0.15, 0.2) is 0 Å².